The maximum atomic E-state index is 11.6. The highest BCUT2D eigenvalue weighted by Gasteiger charge is 2.14. The zero-order valence-electron chi connectivity index (χ0n) is 12.0. The molecule has 7 nitrogen and oxygen atoms in total. The second kappa shape index (κ2) is 7.70. The Morgan fingerprint density at radius 2 is 2.19 bits per heavy atom. The molecule has 0 saturated carbocycles. The minimum absolute atomic E-state index is 0.0839. The number of methoxy groups -OCH3 is 1. The van der Waals surface area contributed by atoms with E-state index in [9.17, 15) is 9.70 Å². The summed E-state index contributed by atoms with van der Waals surface area (Å²) in [5.41, 5.74) is 1.01. The molecule has 0 aromatic heterocycles. The van der Waals surface area contributed by atoms with Crippen LogP contribution in [-0.4, -0.2) is 57.4 Å². The number of anilines is 1. The van der Waals surface area contributed by atoms with Crippen LogP contribution in [-0.2, 0) is 9.47 Å². The van der Waals surface area contributed by atoms with E-state index in [-0.39, 0.29) is 11.3 Å². The van der Waals surface area contributed by atoms with Crippen molar-refractivity contribution in [1.29, 1.82) is 0 Å². The Bertz CT molecular complexity index is 501. The molecule has 0 amide bonds. The topological polar surface area (TPSA) is 80.2 Å². The summed E-state index contributed by atoms with van der Waals surface area (Å²) in [6.45, 7) is 5.05. The van der Waals surface area contributed by atoms with Gasteiger partial charge in [0.05, 0.1) is 25.9 Å². The van der Waals surface area contributed by atoms with Crippen LogP contribution in [0.5, 0.6) is 0 Å². The molecule has 0 radical (unpaired) electrons. The minimum Gasteiger partial charge on any atom is -0.465 e. The third-order valence-electron chi connectivity index (χ3n) is 3.36. The largest absolute Gasteiger partial charge is 0.465 e. The first-order valence-corrected chi connectivity index (χ1v) is 6.84. The molecule has 1 heterocycles. The highest BCUT2D eigenvalue weighted by molar-refractivity contribution is 5.95. The number of nitrogens with one attached hydrogen (secondary N) is 1. The van der Waals surface area contributed by atoms with Crippen molar-refractivity contribution in [3.8, 4) is 0 Å². The number of benzene rings is 1. The Labute approximate surface area is 123 Å². The van der Waals surface area contributed by atoms with Gasteiger partial charge in [0.25, 0.3) is 0 Å². The number of ether oxygens (including phenoxy) is 2. The molecule has 21 heavy (non-hydrogen) atoms. The van der Waals surface area contributed by atoms with Crippen molar-refractivity contribution in [3.05, 3.63) is 28.7 Å². The van der Waals surface area contributed by atoms with Crippen LogP contribution in [0, 0.1) is 4.91 Å². The van der Waals surface area contributed by atoms with Gasteiger partial charge in [-0.1, -0.05) is 0 Å². The molecule has 1 aliphatic heterocycles. The van der Waals surface area contributed by atoms with Gasteiger partial charge in [0, 0.05) is 31.9 Å². The third kappa shape index (κ3) is 4.24. The Morgan fingerprint density at radius 1 is 1.43 bits per heavy atom. The maximum Gasteiger partial charge on any atom is 0.340 e. The van der Waals surface area contributed by atoms with E-state index in [1.54, 1.807) is 12.1 Å². The van der Waals surface area contributed by atoms with Crippen LogP contribution >= 0.6 is 0 Å². The molecule has 0 aliphatic carbocycles. The molecule has 114 valence electrons. The highest BCUT2D eigenvalue weighted by atomic mass is 16.5. The van der Waals surface area contributed by atoms with Gasteiger partial charge in [0.1, 0.15) is 5.69 Å². The molecule has 7 heteroatoms. The summed E-state index contributed by atoms with van der Waals surface area (Å²) >= 11 is 0. The Morgan fingerprint density at radius 3 is 2.86 bits per heavy atom. The van der Waals surface area contributed by atoms with E-state index < -0.39 is 5.97 Å². The monoisotopic (exact) mass is 293 g/mol. The van der Waals surface area contributed by atoms with Crippen LogP contribution in [0.4, 0.5) is 11.4 Å². The molecule has 1 aromatic rings. The van der Waals surface area contributed by atoms with Gasteiger partial charge < -0.3 is 14.8 Å². The highest BCUT2D eigenvalue weighted by Crippen LogP contribution is 2.23. The van der Waals surface area contributed by atoms with Crippen LogP contribution in [0.1, 0.15) is 10.4 Å². The van der Waals surface area contributed by atoms with E-state index in [0.717, 1.165) is 45.1 Å². The molecule has 1 fully saturated rings. The van der Waals surface area contributed by atoms with Gasteiger partial charge in [-0.05, 0) is 23.4 Å². The molecule has 0 spiro atoms. The number of nitroso groups, excluding NO2 is 1. The Kier molecular flexibility index (Phi) is 5.65. The van der Waals surface area contributed by atoms with Crippen molar-refractivity contribution >= 4 is 17.3 Å². The molecule has 0 unspecified atom stereocenters. The van der Waals surface area contributed by atoms with Gasteiger partial charge >= 0.3 is 5.97 Å². The van der Waals surface area contributed by atoms with Crippen LogP contribution < -0.4 is 5.32 Å². The van der Waals surface area contributed by atoms with Gasteiger partial charge in [-0.15, -0.1) is 4.91 Å². The average Bonchev–Trinajstić information content (AvgIpc) is 2.55. The molecule has 1 aromatic carbocycles. The number of hydrogen-bond acceptors (Lipinski definition) is 7. The number of hydrogen-bond donors (Lipinski definition) is 1. The Balaban J connectivity index is 1.93. The third-order valence-corrected chi connectivity index (χ3v) is 3.36. The lowest BCUT2D eigenvalue weighted by atomic mass is 10.1. The number of carbonyl (C=O) groups is 1. The summed E-state index contributed by atoms with van der Waals surface area (Å²) in [4.78, 5) is 24.6. The predicted molar refractivity (Wildman–Crippen MR) is 79.0 cm³/mol. The summed E-state index contributed by atoms with van der Waals surface area (Å²) in [7, 11) is 1.27. The summed E-state index contributed by atoms with van der Waals surface area (Å²) < 4.78 is 9.94. The van der Waals surface area contributed by atoms with Crippen molar-refractivity contribution in [2.45, 2.75) is 0 Å². The lowest BCUT2D eigenvalue weighted by molar-refractivity contribution is 0.0398. The number of rotatable bonds is 6. The number of carbonyl (C=O) groups excluding carboxylic acids is 1. The minimum atomic E-state index is -0.568. The van der Waals surface area contributed by atoms with E-state index in [1.165, 1.54) is 13.2 Å². The van der Waals surface area contributed by atoms with Crippen molar-refractivity contribution in [2.75, 3.05) is 51.8 Å². The van der Waals surface area contributed by atoms with Crippen molar-refractivity contribution in [2.24, 2.45) is 5.18 Å². The number of morpholine rings is 1. The predicted octanol–water partition coefficient (Wildman–Crippen LogP) is 1.62. The van der Waals surface area contributed by atoms with Gasteiger partial charge in [0.15, 0.2) is 0 Å². The molecule has 1 N–H and O–H groups in total. The molecule has 0 bridgehead atoms. The van der Waals surface area contributed by atoms with Gasteiger partial charge in [0.2, 0.25) is 0 Å². The lowest BCUT2D eigenvalue weighted by Crippen LogP contribution is -2.39. The SMILES string of the molecule is COC(=O)c1cc(NCCN2CCOCC2)ccc1N=O. The van der Waals surface area contributed by atoms with Crippen LogP contribution in [0.2, 0.25) is 0 Å². The number of nitrogens with zero attached hydrogens (tertiary/aromatic N) is 2. The second-order valence-corrected chi connectivity index (χ2v) is 4.70. The standard InChI is InChI=1S/C14H19N3O4/c1-20-14(18)12-10-11(2-3-13(12)16-19)15-4-5-17-6-8-21-9-7-17/h2-3,10,15H,4-9H2,1H3. The van der Waals surface area contributed by atoms with Crippen LogP contribution in [0.15, 0.2) is 23.4 Å². The first-order chi connectivity index (χ1) is 10.2. The number of esters is 1. The van der Waals surface area contributed by atoms with Crippen molar-refractivity contribution < 1.29 is 14.3 Å². The fourth-order valence-corrected chi connectivity index (χ4v) is 2.18. The molecule has 0 atom stereocenters. The fourth-order valence-electron chi connectivity index (χ4n) is 2.18. The normalized spacial score (nSPS) is 15.5. The zero-order chi connectivity index (χ0) is 15.1. The molecule has 1 saturated heterocycles. The van der Waals surface area contributed by atoms with Crippen molar-refractivity contribution in [3.63, 3.8) is 0 Å². The molecule has 1 aliphatic rings. The van der Waals surface area contributed by atoms with E-state index in [2.05, 4.69) is 20.1 Å². The van der Waals surface area contributed by atoms with E-state index in [1.807, 2.05) is 0 Å². The van der Waals surface area contributed by atoms with Crippen molar-refractivity contribution in [1.82, 2.24) is 4.90 Å². The van der Waals surface area contributed by atoms with Gasteiger partial charge in [-0.3, -0.25) is 4.90 Å². The van der Waals surface area contributed by atoms with Gasteiger partial charge in [-0.2, -0.15) is 0 Å². The summed E-state index contributed by atoms with van der Waals surface area (Å²) in [5.74, 6) is -0.568. The second-order valence-electron chi connectivity index (χ2n) is 4.70. The van der Waals surface area contributed by atoms with E-state index in [4.69, 9.17) is 4.74 Å². The summed E-state index contributed by atoms with van der Waals surface area (Å²) in [5, 5.41) is 6.06. The summed E-state index contributed by atoms with van der Waals surface area (Å²) in [6.07, 6.45) is 0. The molecular formula is C14H19N3O4. The Hall–Kier alpha value is -1.99. The fraction of sp³-hybridized carbons (Fsp3) is 0.500. The molecule has 2 rings (SSSR count). The van der Waals surface area contributed by atoms with E-state index in [0.29, 0.717) is 0 Å². The van der Waals surface area contributed by atoms with Gasteiger partial charge in [-0.25, -0.2) is 4.79 Å². The average molecular weight is 293 g/mol. The first-order valence-electron chi connectivity index (χ1n) is 6.84. The summed E-state index contributed by atoms with van der Waals surface area (Å²) in [6, 6.07) is 4.82. The van der Waals surface area contributed by atoms with Crippen LogP contribution in [0.3, 0.4) is 0 Å². The quantitative estimate of drug-likeness (QED) is 0.634. The zero-order valence-corrected chi connectivity index (χ0v) is 12.0. The lowest BCUT2D eigenvalue weighted by Gasteiger charge is -2.26. The first kappa shape index (κ1) is 15.4. The maximum absolute atomic E-state index is 11.6. The smallest absolute Gasteiger partial charge is 0.340 e. The molecular weight excluding hydrogens is 274 g/mol. The van der Waals surface area contributed by atoms with E-state index >= 15 is 0 Å². The van der Waals surface area contributed by atoms with Crippen LogP contribution in [0.25, 0.3) is 0 Å².